The molecule has 1 heterocycles. The number of benzene rings is 4. The van der Waals surface area contributed by atoms with Crippen LogP contribution in [-0.4, -0.2) is 29.2 Å². The maximum absolute atomic E-state index is 12.3. The smallest absolute Gasteiger partial charge is 0.323 e. The molecule has 4 aromatic carbocycles. The maximum Gasteiger partial charge on any atom is 0.323 e. The first-order chi connectivity index (χ1) is 20.0. The quantitative estimate of drug-likeness (QED) is 0.138. The number of hydrogen-bond acceptors (Lipinski definition) is 5. The van der Waals surface area contributed by atoms with Gasteiger partial charge in [-0.15, -0.1) is 0 Å². The minimum atomic E-state index is -0.791. The molecule has 41 heavy (non-hydrogen) atoms. The Hall–Kier alpha value is -4.92. The molecule has 208 valence electrons. The molecule has 0 saturated carbocycles. The summed E-state index contributed by atoms with van der Waals surface area (Å²) >= 11 is 0. The summed E-state index contributed by atoms with van der Waals surface area (Å²) in [5.41, 5.74) is 4.51. The van der Waals surface area contributed by atoms with Gasteiger partial charge in [0.1, 0.15) is 12.4 Å². The number of aliphatic hydroxyl groups excluding tert-OH is 1. The van der Waals surface area contributed by atoms with Gasteiger partial charge in [-0.1, -0.05) is 66.7 Å². The summed E-state index contributed by atoms with van der Waals surface area (Å²) in [5.74, 6) is 0.552. The molecule has 0 aliphatic rings. The van der Waals surface area contributed by atoms with Gasteiger partial charge in [-0.05, 0) is 66.1 Å². The third kappa shape index (κ3) is 7.60. The molecule has 0 aliphatic heterocycles. The zero-order valence-electron chi connectivity index (χ0n) is 22.5. The van der Waals surface area contributed by atoms with E-state index < -0.39 is 6.10 Å². The number of hydrogen-bond donors (Lipinski definition) is 5. The minimum Gasteiger partial charge on any atom is -0.487 e. The minimum absolute atomic E-state index is 0.235. The molecule has 0 radical (unpaired) electrons. The lowest BCUT2D eigenvalue weighted by Gasteiger charge is -2.17. The summed E-state index contributed by atoms with van der Waals surface area (Å²) in [6.45, 7) is 1.32. The third-order valence-electron chi connectivity index (χ3n) is 6.63. The van der Waals surface area contributed by atoms with E-state index in [9.17, 15) is 14.7 Å². The molecular weight excluding hydrogens is 516 g/mol. The molecule has 1 atom stereocenters. The summed E-state index contributed by atoms with van der Waals surface area (Å²) in [5, 5.41) is 20.7. The van der Waals surface area contributed by atoms with Crippen LogP contribution in [-0.2, 0) is 13.0 Å². The summed E-state index contributed by atoms with van der Waals surface area (Å²) in [7, 11) is 0. The van der Waals surface area contributed by atoms with Gasteiger partial charge < -0.3 is 30.8 Å². The van der Waals surface area contributed by atoms with E-state index in [-0.39, 0.29) is 11.6 Å². The highest BCUT2D eigenvalue weighted by atomic mass is 16.5. The Morgan fingerprint density at radius 1 is 0.805 bits per heavy atom. The first kappa shape index (κ1) is 27.6. The molecule has 5 rings (SSSR count). The average molecular weight is 549 g/mol. The molecule has 0 unspecified atom stereocenters. The Balaban J connectivity index is 1.16. The van der Waals surface area contributed by atoms with Crippen LogP contribution < -0.4 is 26.2 Å². The van der Waals surface area contributed by atoms with Crippen LogP contribution >= 0.6 is 0 Å². The van der Waals surface area contributed by atoms with Crippen LogP contribution in [0.5, 0.6) is 5.75 Å². The van der Waals surface area contributed by atoms with Gasteiger partial charge in [-0.2, -0.15) is 0 Å². The lowest BCUT2D eigenvalue weighted by Crippen LogP contribution is -2.24. The van der Waals surface area contributed by atoms with Crippen molar-refractivity contribution in [3.8, 4) is 5.75 Å². The normalized spacial score (nSPS) is 11.6. The fourth-order valence-corrected chi connectivity index (χ4v) is 4.60. The number of aliphatic hydroxyl groups is 1. The number of ether oxygens (including phenoxy) is 1. The predicted octanol–water partition coefficient (Wildman–Crippen LogP) is 5.62. The van der Waals surface area contributed by atoms with Crippen molar-refractivity contribution in [2.24, 2.45) is 0 Å². The zero-order chi connectivity index (χ0) is 28.4. The monoisotopic (exact) mass is 548 g/mol. The summed E-state index contributed by atoms with van der Waals surface area (Å²) < 4.78 is 6.01. The second-order valence-corrected chi connectivity index (χ2v) is 9.65. The standard InChI is InChI=1S/C33H32N4O4/c38-29(21-34-19-18-23-10-7-13-26(20-23)36-33(40)35-25-11-5-2-6-12-25)27-14-16-30(32-28(27)15-17-31(39)37-32)41-22-24-8-3-1-4-9-24/h1-17,20,29,34,38H,18-19,21-22H2,(H,37,39)(H2,35,36,40)/t29-/m1/s1. The lowest BCUT2D eigenvalue weighted by molar-refractivity contribution is 0.176. The average Bonchev–Trinajstić information content (AvgIpc) is 2.99. The van der Waals surface area contributed by atoms with Gasteiger partial charge in [0.25, 0.3) is 0 Å². The number of rotatable bonds is 11. The first-order valence-corrected chi connectivity index (χ1v) is 13.5. The summed E-state index contributed by atoms with van der Waals surface area (Å²) in [6.07, 6.45) is -0.0793. The van der Waals surface area contributed by atoms with Crippen molar-refractivity contribution >= 4 is 28.3 Å². The fraction of sp³-hybridized carbons (Fsp3) is 0.152. The van der Waals surface area contributed by atoms with Crippen molar-refractivity contribution in [2.45, 2.75) is 19.1 Å². The molecule has 0 fully saturated rings. The molecule has 2 amide bonds. The highest BCUT2D eigenvalue weighted by Gasteiger charge is 2.15. The number of para-hydroxylation sites is 1. The second-order valence-electron chi connectivity index (χ2n) is 9.65. The van der Waals surface area contributed by atoms with Crippen molar-refractivity contribution in [2.75, 3.05) is 23.7 Å². The van der Waals surface area contributed by atoms with E-state index in [2.05, 4.69) is 20.9 Å². The van der Waals surface area contributed by atoms with Gasteiger partial charge in [0.2, 0.25) is 5.56 Å². The summed E-state index contributed by atoms with van der Waals surface area (Å²) in [6, 6.07) is 33.2. The number of nitrogens with one attached hydrogen (secondary N) is 4. The van der Waals surface area contributed by atoms with Crippen molar-refractivity contribution in [1.82, 2.24) is 10.3 Å². The van der Waals surface area contributed by atoms with E-state index in [4.69, 9.17) is 4.74 Å². The van der Waals surface area contributed by atoms with Gasteiger partial charge in [0.05, 0.1) is 11.6 Å². The van der Waals surface area contributed by atoms with Crippen LogP contribution in [0.2, 0.25) is 0 Å². The SMILES string of the molecule is O=C(Nc1ccccc1)Nc1cccc(CCNC[C@@H](O)c2ccc(OCc3ccccc3)c3[nH]c(=O)ccc23)c1. The van der Waals surface area contributed by atoms with Crippen molar-refractivity contribution < 1.29 is 14.6 Å². The Bertz CT molecular complexity index is 1660. The Kier molecular flexibility index (Phi) is 9.05. The van der Waals surface area contributed by atoms with E-state index >= 15 is 0 Å². The molecule has 0 saturated heterocycles. The lowest BCUT2D eigenvalue weighted by atomic mass is 10.0. The molecule has 1 aromatic heterocycles. The van der Waals surface area contributed by atoms with Crippen LogP contribution in [0.3, 0.4) is 0 Å². The number of pyridine rings is 1. The van der Waals surface area contributed by atoms with Crippen molar-refractivity contribution in [3.05, 3.63) is 136 Å². The Labute approximate surface area is 238 Å². The highest BCUT2D eigenvalue weighted by molar-refractivity contribution is 5.99. The van der Waals surface area contributed by atoms with Crippen LogP contribution in [0.15, 0.2) is 114 Å². The van der Waals surface area contributed by atoms with Gasteiger partial charge in [0.15, 0.2) is 0 Å². The first-order valence-electron chi connectivity index (χ1n) is 13.5. The van der Waals surface area contributed by atoms with Gasteiger partial charge in [-0.25, -0.2) is 4.79 Å². The molecule has 5 aromatic rings. The highest BCUT2D eigenvalue weighted by Crippen LogP contribution is 2.30. The largest absolute Gasteiger partial charge is 0.487 e. The fourth-order valence-electron chi connectivity index (χ4n) is 4.60. The van der Waals surface area contributed by atoms with Crippen molar-refractivity contribution in [3.63, 3.8) is 0 Å². The predicted molar refractivity (Wildman–Crippen MR) is 162 cm³/mol. The number of urea groups is 1. The number of carbonyl (C=O) groups excluding carboxylic acids is 1. The third-order valence-corrected chi connectivity index (χ3v) is 6.63. The second kappa shape index (κ2) is 13.4. The van der Waals surface area contributed by atoms with E-state index in [1.54, 1.807) is 12.1 Å². The van der Waals surface area contributed by atoms with E-state index in [1.165, 1.54) is 6.07 Å². The molecule has 0 spiro atoms. The summed E-state index contributed by atoms with van der Waals surface area (Å²) in [4.78, 5) is 27.3. The number of anilines is 2. The van der Waals surface area contributed by atoms with Gasteiger partial charge >= 0.3 is 6.03 Å². The van der Waals surface area contributed by atoms with Crippen molar-refractivity contribution in [1.29, 1.82) is 0 Å². The Morgan fingerprint density at radius 2 is 1.51 bits per heavy atom. The molecule has 5 N–H and O–H groups in total. The van der Waals surface area contributed by atoms with E-state index in [0.717, 1.165) is 22.2 Å². The van der Waals surface area contributed by atoms with Gasteiger partial charge in [-0.3, -0.25) is 4.79 Å². The number of amides is 2. The van der Waals surface area contributed by atoms with E-state index in [0.29, 0.717) is 48.6 Å². The van der Waals surface area contributed by atoms with Crippen LogP contribution in [0.1, 0.15) is 22.8 Å². The number of H-pyrrole nitrogens is 1. The topological polar surface area (TPSA) is 115 Å². The zero-order valence-corrected chi connectivity index (χ0v) is 22.5. The molecule has 8 nitrogen and oxygen atoms in total. The molecular formula is C33H32N4O4. The van der Waals surface area contributed by atoms with Crippen LogP contribution in [0, 0.1) is 0 Å². The maximum atomic E-state index is 12.3. The molecule has 0 bridgehead atoms. The number of fused-ring (bicyclic) bond motifs is 1. The van der Waals surface area contributed by atoms with Crippen LogP contribution in [0.25, 0.3) is 10.9 Å². The number of aromatic nitrogens is 1. The Morgan fingerprint density at radius 3 is 2.32 bits per heavy atom. The number of carbonyl (C=O) groups is 1. The molecule has 0 aliphatic carbocycles. The van der Waals surface area contributed by atoms with Gasteiger partial charge in [0, 0.05) is 29.4 Å². The van der Waals surface area contributed by atoms with Crippen LogP contribution in [0.4, 0.5) is 16.2 Å². The molecule has 8 heteroatoms. The number of aromatic amines is 1. The van der Waals surface area contributed by atoms with E-state index in [1.807, 2.05) is 91.0 Å².